The summed E-state index contributed by atoms with van der Waals surface area (Å²) in [5, 5.41) is 14.6. The standard InChI is InChI=1S/C19H27N3O4/c1-13(2)16(12-23)20-17(24)9-8-15-18(25)22(19(26)21-15)11-10-14-6-4-3-5-7-14/h3-7,13,15-16,23H,8-12H2,1-2H3,(H,20,24)(H,21,26). The summed E-state index contributed by atoms with van der Waals surface area (Å²) < 4.78 is 0. The van der Waals surface area contributed by atoms with Gasteiger partial charge in [0, 0.05) is 13.0 Å². The first-order chi connectivity index (χ1) is 12.4. The second kappa shape index (κ2) is 9.33. The molecule has 0 aliphatic carbocycles. The average Bonchev–Trinajstić information content (AvgIpc) is 2.90. The molecular formula is C19H27N3O4. The fourth-order valence-corrected chi connectivity index (χ4v) is 2.85. The number of rotatable bonds is 9. The zero-order chi connectivity index (χ0) is 19.1. The fraction of sp³-hybridized carbons (Fsp3) is 0.526. The van der Waals surface area contributed by atoms with Gasteiger partial charge in [-0.15, -0.1) is 0 Å². The van der Waals surface area contributed by atoms with Crippen molar-refractivity contribution >= 4 is 17.8 Å². The number of urea groups is 1. The normalized spacial score (nSPS) is 18.2. The van der Waals surface area contributed by atoms with Crippen molar-refractivity contribution in [1.29, 1.82) is 0 Å². The topological polar surface area (TPSA) is 98.7 Å². The van der Waals surface area contributed by atoms with Crippen LogP contribution in [-0.4, -0.2) is 53.1 Å². The monoisotopic (exact) mass is 361 g/mol. The summed E-state index contributed by atoms with van der Waals surface area (Å²) in [4.78, 5) is 37.6. The van der Waals surface area contributed by atoms with E-state index in [1.165, 1.54) is 4.90 Å². The quantitative estimate of drug-likeness (QED) is 0.573. The van der Waals surface area contributed by atoms with Crippen molar-refractivity contribution in [2.24, 2.45) is 5.92 Å². The van der Waals surface area contributed by atoms with Crippen LogP contribution in [0.15, 0.2) is 30.3 Å². The molecule has 26 heavy (non-hydrogen) atoms. The molecule has 7 heteroatoms. The third-order valence-corrected chi connectivity index (χ3v) is 4.58. The molecule has 1 aromatic carbocycles. The maximum Gasteiger partial charge on any atom is 0.324 e. The van der Waals surface area contributed by atoms with Gasteiger partial charge in [-0.05, 0) is 24.3 Å². The third kappa shape index (κ3) is 5.29. The number of aliphatic hydroxyl groups excluding tert-OH is 1. The van der Waals surface area contributed by atoms with Crippen LogP contribution in [0.1, 0.15) is 32.3 Å². The van der Waals surface area contributed by atoms with Crippen molar-refractivity contribution < 1.29 is 19.5 Å². The first kappa shape index (κ1) is 19.9. The average molecular weight is 361 g/mol. The van der Waals surface area contributed by atoms with Crippen molar-refractivity contribution in [1.82, 2.24) is 15.5 Å². The Balaban J connectivity index is 1.81. The Hall–Kier alpha value is -2.41. The van der Waals surface area contributed by atoms with Crippen molar-refractivity contribution in [2.75, 3.05) is 13.2 Å². The lowest BCUT2D eigenvalue weighted by atomic mass is 10.0. The van der Waals surface area contributed by atoms with E-state index in [2.05, 4.69) is 10.6 Å². The molecule has 1 saturated heterocycles. The van der Waals surface area contributed by atoms with E-state index in [1.54, 1.807) is 0 Å². The molecule has 4 amide bonds. The number of hydrogen-bond acceptors (Lipinski definition) is 4. The number of benzene rings is 1. The number of nitrogens with one attached hydrogen (secondary N) is 2. The highest BCUT2D eigenvalue weighted by Crippen LogP contribution is 2.13. The highest BCUT2D eigenvalue weighted by atomic mass is 16.3. The molecule has 0 radical (unpaired) electrons. The van der Waals surface area contributed by atoms with E-state index in [4.69, 9.17) is 0 Å². The Morgan fingerprint density at radius 1 is 1.27 bits per heavy atom. The molecule has 3 N–H and O–H groups in total. The lowest BCUT2D eigenvalue weighted by Crippen LogP contribution is -2.42. The predicted molar refractivity (Wildman–Crippen MR) is 97.3 cm³/mol. The molecule has 7 nitrogen and oxygen atoms in total. The number of aliphatic hydroxyl groups is 1. The molecule has 0 bridgehead atoms. The lowest BCUT2D eigenvalue weighted by Gasteiger charge is -2.20. The number of imide groups is 1. The van der Waals surface area contributed by atoms with Crippen LogP contribution >= 0.6 is 0 Å². The van der Waals surface area contributed by atoms with Gasteiger partial charge in [0.1, 0.15) is 6.04 Å². The number of carbonyl (C=O) groups excluding carboxylic acids is 3. The molecule has 1 aromatic rings. The Kier molecular flexibility index (Phi) is 7.15. The molecule has 1 heterocycles. The summed E-state index contributed by atoms with van der Waals surface area (Å²) >= 11 is 0. The number of carbonyl (C=O) groups is 3. The van der Waals surface area contributed by atoms with Gasteiger partial charge in [-0.25, -0.2) is 4.79 Å². The highest BCUT2D eigenvalue weighted by Gasteiger charge is 2.37. The smallest absolute Gasteiger partial charge is 0.324 e. The SMILES string of the molecule is CC(C)C(CO)NC(=O)CCC1NC(=O)N(CCc2ccccc2)C1=O. The van der Waals surface area contributed by atoms with Crippen molar-refractivity contribution in [3.05, 3.63) is 35.9 Å². The maximum atomic E-state index is 12.4. The minimum atomic E-state index is -0.671. The Morgan fingerprint density at radius 3 is 2.58 bits per heavy atom. The Labute approximate surface area is 153 Å². The number of hydrogen-bond donors (Lipinski definition) is 3. The predicted octanol–water partition coefficient (Wildman–Crippen LogP) is 1.06. The van der Waals surface area contributed by atoms with Crippen LogP contribution in [0, 0.1) is 5.92 Å². The zero-order valence-corrected chi connectivity index (χ0v) is 15.3. The van der Waals surface area contributed by atoms with Crippen LogP contribution in [0.25, 0.3) is 0 Å². The van der Waals surface area contributed by atoms with Crippen molar-refractivity contribution in [2.45, 2.75) is 45.2 Å². The fourth-order valence-electron chi connectivity index (χ4n) is 2.85. The summed E-state index contributed by atoms with van der Waals surface area (Å²) in [5.41, 5.74) is 1.06. The van der Waals surface area contributed by atoms with E-state index >= 15 is 0 Å². The number of nitrogens with zero attached hydrogens (tertiary/aromatic N) is 1. The molecular weight excluding hydrogens is 334 g/mol. The molecule has 142 valence electrons. The molecule has 2 atom stereocenters. The molecule has 1 fully saturated rings. The van der Waals surface area contributed by atoms with Crippen LogP contribution < -0.4 is 10.6 Å². The summed E-state index contributed by atoms with van der Waals surface area (Å²) in [7, 11) is 0. The maximum absolute atomic E-state index is 12.4. The highest BCUT2D eigenvalue weighted by molar-refractivity contribution is 6.04. The van der Waals surface area contributed by atoms with Crippen LogP contribution in [-0.2, 0) is 16.0 Å². The van der Waals surface area contributed by atoms with Crippen LogP contribution in [0.2, 0.25) is 0 Å². The lowest BCUT2D eigenvalue weighted by molar-refractivity contribution is -0.127. The van der Waals surface area contributed by atoms with Gasteiger partial charge in [-0.3, -0.25) is 14.5 Å². The molecule has 1 aliphatic rings. The van der Waals surface area contributed by atoms with Gasteiger partial charge in [0.2, 0.25) is 5.91 Å². The zero-order valence-electron chi connectivity index (χ0n) is 15.3. The minimum Gasteiger partial charge on any atom is -0.394 e. The van der Waals surface area contributed by atoms with Crippen LogP contribution in [0.4, 0.5) is 4.79 Å². The molecule has 0 saturated carbocycles. The van der Waals surface area contributed by atoms with E-state index in [0.717, 1.165) is 5.56 Å². The first-order valence-electron chi connectivity index (χ1n) is 8.98. The minimum absolute atomic E-state index is 0.116. The van der Waals surface area contributed by atoms with Crippen LogP contribution in [0.5, 0.6) is 0 Å². The summed E-state index contributed by atoms with van der Waals surface area (Å²) in [6, 6.07) is 8.26. The summed E-state index contributed by atoms with van der Waals surface area (Å²) in [5.74, 6) is -0.408. The molecule has 0 aromatic heterocycles. The Morgan fingerprint density at radius 2 is 1.96 bits per heavy atom. The van der Waals surface area contributed by atoms with Gasteiger partial charge in [0.15, 0.2) is 0 Å². The van der Waals surface area contributed by atoms with Crippen molar-refractivity contribution in [3.63, 3.8) is 0 Å². The molecule has 2 rings (SSSR count). The Bertz CT molecular complexity index is 633. The van der Waals surface area contributed by atoms with Crippen molar-refractivity contribution in [3.8, 4) is 0 Å². The van der Waals surface area contributed by atoms with Gasteiger partial charge in [-0.2, -0.15) is 0 Å². The van der Waals surface area contributed by atoms with Gasteiger partial charge in [-0.1, -0.05) is 44.2 Å². The molecule has 0 spiro atoms. The second-order valence-electron chi connectivity index (χ2n) is 6.87. The summed E-state index contributed by atoms with van der Waals surface area (Å²) in [6.07, 6.45) is 0.959. The molecule has 2 unspecified atom stereocenters. The largest absolute Gasteiger partial charge is 0.394 e. The first-order valence-corrected chi connectivity index (χ1v) is 8.98. The van der Waals surface area contributed by atoms with Gasteiger partial charge in [0.05, 0.1) is 12.6 Å². The van der Waals surface area contributed by atoms with Gasteiger partial charge >= 0.3 is 6.03 Å². The van der Waals surface area contributed by atoms with E-state index in [9.17, 15) is 19.5 Å². The van der Waals surface area contributed by atoms with E-state index < -0.39 is 12.1 Å². The van der Waals surface area contributed by atoms with Gasteiger partial charge < -0.3 is 15.7 Å². The summed E-state index contributed by atoms with van der Waals surface area (Å²) in [6.45, 7) is 4.01. The van der Waals surface area contributed by atoms with E-state index in [0.29, 0.717) is 13.0 Å². The van der Waals surface area contributed by atoms with Gasteiger partial charge in [0.25, 0.3) is 5.91 Å². The van der Waals surface area contributed by atoms with E-state index in [1.807, 2.05) is 44.2 Å². The van der Waals surface area contributed by atoms with Crippen LogP contribution in [0.3, 0.4) is 0 Å². The number of amides is 4. The second-order valence-corrected chi connectivity index (χ2v) is 6.87. The van der Waals surface area contributed by atoms with E-state index in [-0.39, 0.29) is 43.2 Å². The third-order valence-electron chi connectivity index (χ3n) is 4.58. The molecule has 1 aliphatic heterocycles.